The van der Waals surface area contributed by atoms with E-state index in [0.717, 1.165) is 4.88 Å². The highest BCUT2D eigenvalue weighted by atomic mass is 35.5. The molecule has 3 fully saturated rings. The highest BCUT2D eigenvalue weighted by Gasteiger charge is 2.70. The summed E-state index contributed by atoms with van der Waals surface area (Å²) in [7, 11) is 0. The van der Waals surface area contributed by atoms with Gasteiger partial charge in [-0.1, -0.05) is 64.7 Å². The number of imide groups is 2. The van der Waals surface area contributed by atoms with Crippen LogP contribution in [0.25, 0.3) is 0 Å². The second kappa shape index (κ2) is 12.9. The summed E-state index contributed by atoms with van der Waals surface area (Å²) in [6, 6.07) is 14.9. The molecule has 272 valence electrons. The number of fused-ring (bicyclic) bond motifs is 4. The van der Waals surface area contributed by atoms with E-state index in [4.69, 9.17) is 34.8 Å². The van der Waals surface area contributed by atoms with Crippen LogP contribution >= 0.6 is 46.1 Å². The predicted octanol–water partition coefficient (Wildman–Crippen LogP) is 8.01. The van der Waals surface area contributed by atoms with Crippen LogP contribution in [-0.4, -0.2) is 43.6 Å². The Morgan fingerprint density at radius 1 is 0.943 bits per heavy atom. The normalized spacial score (nSPS) is 26.8. The van der Waals surface area contributed by atoms with Gasteiger partial charge in [0.15, 0.2) is 5.82 Å². The molecule has 8 rings (SSSR count). The summed E-state index contributed by atoms with van der Waals surface area (Å²) in [6.45, 7) is 0.0943. The standard InChI is InChI=1S/C37H26Cl3F3N4O5S/c38-19-5-3-17(4-6-19)36-26(33(50)47(35(36)52)45-31-27(40)12-18(15-44-31)37(41,42)43)14-24-22(30(36)25-13-20(39)7-10-28(25)48)8-9-23-29(24)34(51)46(32(23)49)16-21-2-1-11-53-21/h1-8,10-13,15,23-24,26,29-30,48H,9,14,16H2,(H,44,45). The number of rotatable bonds is 6. The number of allylic oxidation sites excluding steroid dienone is 2. The molecule has 2 aromatic heterocycles. The molecule has 6 atom stereocenters. The van der Waals surface area contributed by atoms with Crippen molar-refractivity contribution in [2.75, 3.05) is 5.43 Å². The number of pyridine rings is 1. The van der Waals surface area contributed by atoms with Gasteiger partial charge in [-0.3, -0.25) is 29.5 Å². The van der Waals surface area contributed by atoms with Crippen LogP contribution in [0.1, 0.15) is 40.3 Å². The Kier molecular flexibility index (Phi) is 8.64. The molecule has 2 N–H and O–H groups in total. The molecule has 2 aromatic carbocycles. The monoisotopic (exact) mass is 800 g/mol. The van der Waals surface area contributed by atoms with Crippen LogP contribution in [0, 0.1) is 23.7 Å². The van der Waals surface area contributed by atoms with Gasteiger partial charge in [0.05, 0.1) is 40.3 Å². The van der Waals surface area contributed by atoms with Crippen LogP contribution < -0.4 is 5.43 Å². The average Bonchev–Trinajstić information content (AvgIpc) is 3.78. The number of phenolic OH excluding ortho intramolecular Hbond substituents is 1. The van der Waals surface area contributed by atoms with E-state index in [9.17, 15) is 32.7 Å². The number of phenols is 1. The number of nitrogens with one attached hydrogen (secondary N) is 1. The molecule has 0 radical (unpaired) electrons. The van der Waals surface area contributed by atoms with Crippen molar-refractivity contribution in [2.24, 2.45) is 23.7 Å². The number of carbonyl (C=O) groups is 4. The number of nitrogens with zero attached hydrogens (tertiary/aromatic N) is 3. The molecule has 2 saturated heterocycles. The SMILES string of the molecule is O=C1C2CC=C3C(CC4C(=O)N(Nc5ncc(C(F)(F)F)cc5Cl)C(=O)C4(c4ccc(Cl)cc4)C3c3cc(Cl)ccc3O)C2C(=O)N1Cc1cccs1. The van der Waals surface area contributed by atoms with E-state index in [-0.39, 0.29) is 47.4 Å². The van der Waals surface area contributed by atoms with Gasteiger partial charge in [-0.05, 0) is 72.2 Å². The lowest BCUT2D eigenvalue weighted by atomic mass is 9.49. The number of hydrogen-bond donors (Lipinski definition) is 2. The molecule has 4 heterocycles. The number of benzene rings is 2. The van der Waals surface area contributed by atoms with E-state index in [1.165, 1.54) is 34.4 Å². The molecule has 2 aliphatic heterocycles. The third kappa shape index (κ3) is 5.54. The number of carbonyl (C=O) groups excluding carboxylic acids is 4. The Morgan fingerprint density at radius 2 is 1.68 bits per heavy atom. The summed E-state index contributed by atoms with van der Waals surface area (Å²) in [6.07, 6.45) is -2.30. The van der Waals surface area contributed by atoms with Crippen LogP contribution in [-0.2, 0) is 37.3 Å². The zero-order valence-corrected chi connectivity index (χ0v) is 30.2. The smallest absolute Gasteiger partial charge is 0.417 e. The Bertz CT molecular complexity index is 2230. The predicted molar refractivity (Wildman–Crippen MR) is 190 cm³/mol. The van der Waals surface area contributed by atoms with Crippen LogP contribution in [0.15, 0.2) is 83.9 Å². The molecule has 16 heteroatoms. The number of alkyl halides is 3. The topological polar surface area (TPSA) is 120 Å². The summed E-state index contributed by atoms with van der Waals surface area (Å²) < 4.78 is 40.3. The van der Waals surface area contributed by atoms with Gasteiger partial charge >= 0.3 is 6.18 Å². The number of hydrogen-bond acceptors (Lipinski definition) is 8. The molecule has 4 amide bonds. The maximum atomic E-state index is 15.2. The first-order chi connectivity index (χ1) is 25.2. The van der Waals surface area contributed by atoms with E-state index in [2.05, 4.69) is 10.4 Å². The van der Waals surface area contributed by atoms with E-state index >= 15 is 4.79 Å². The molecule has 0 bridgehead atoms. The Balaban J connectivity index is 1.30. The minimum Gasteiger partial charge on any atom is -0.508 e. The largest absolute Gasteiger partial charge is 0.508 e. The van der Waals surface area contributed by atoms with E-state index in [0.29, 0.717) is 33.4 Å². The number of hydrazine groups is 1. The van der Waals surface area contributed by atoms with Crippen molar-refractivity contribution in [3.05, 3.63) is 121 Å². The van der Waals surface area contributed by atoms with Crippen molar-refractivity contribution < 1.29 is 37.5 Å². The van der Waals surface area contributed by atoms with Gasteiger partial charge in [-0.15, -0.1) is 11.3 Å². The molecule has 6 unspecified atom stereocenters. The van der Waals surface area contributed by atoms with Crippen molar-refractivity contribution in [3.8, 4) is 5.75 Å². The highest BCUT2D eigenvalue weighted by Crippen LogP contribution is 2.65. The van der Waals surface area contributed by atoms with Gasteiger partial charge in [0.2, 0.25) is 11.8 Å². The van der Waals surface area contributed by atoms with Gasteiger partial charge in [0.1, 0.15) is 5.75 Å². The van der Waals surface area contributed by atoms with Gasteiger partial charge < -0.3 is 5.11 Å². The lowest BCUT2D eigenvalue weighted by molar-refractivity contribution is -0.142. The van der Waals surface area contributed by atoms with Gasteiger partial charge in [0, 0.05) is 32.6 Å². The molecule has 4 aliphatic rings. The van der Waals surface area contributed by atoms with Crippen LogP contribution in [0.3, 0.4) is 0 Å². The fourth-order valence-corrected chi connectivity index (χ4v) is 9.87. The minimum atomic E-state index is -4.76. The minimum absolute atomic E-state index is 0.0593. The fourth-order valence-electron chi connectivity index (χ4n) is 8.66. The van der Waals surface area contributed by atoms with E-state index in [1.807, 2.05) is 23.6 Å². The molecule has 0 spiro atoms. The van der Waals surface area contributed by atoms with E-state index < -0.39 is 69.5 Å². The Morgan fingerprint density at radius 3 is 2.36 bits per heavy atom. The van der Waals surface area contributed by atoms with Gasteiger partial charge in [-0.2, -0.15) is 18.2 Å². The number of anilines is 1. The second-order valence-corrected chi connectivity index (χ2v) is 15.8. The quantitative estimate of drug-likeness (QED) is 0.150. The van der Waals surface area contributed by atoms with Crippen molar-refractivity contribution in [3.63, 3.8) is 0 Å². The zero-order valence-electron chi connectivity index (χ0n) is 27.1. The summed E-state index contributed by atoms with van der Waals surface area (Å²) in [4.78, 5) is 63.9. The third-order valence-electron chi connectivity index (χ3n) is 10.8. The number of likely N-dealkylation sites (tertiary alicyclic amines) is 1. The van der Waals surface area contributed by atoms with Crippen LogP contribution in [0.4, 0.5) is 19.0 Å². The number of thiophene rings is 1. The van der Waals surface area contributed by atoms with Crippen molar-refractivity contribution >= 4 is 75.6 Å². The molecule has 4 aromatic rings. The molecule has 53 heavy (non-hydrogen) atoms. The molecule has 9 nitrogen and oxygen atoms in total. The van der Waals surface area contributed by atoms with E-state index in [1.54, 1.807) is 24.3 Å². The van der Waals surface area contributed by atoms with Crippen molar-refractivity contribution in [1.29, 1.82) is 0 Å². The Labute approximate surface area is 318 Å². The number of aromatic nitrogens is 1. The molecule has 2 aliphatic carbocycles. The first kappa shape index (κ1) is 35.6. The third-order valence-corrected chi connectivity index (χ3v) is 12.5. The van der Waals surface area contributed by atoms with Crippen LogP contribution in [0.2, 0.25) is 15.1 Å². The lowest BCUT2D eigenvalue weighted by Gasteiger charge is -2.50. The molecular weight excluding hydrogens is 776 g/mol. The van der Waals surface area contributed by atoms with Gasteiger partial charge in [-0.25, -0.2) is 4.98 Å². The van der Waals surface area contributed by atoms with Gasteiger partial charge in [0.25, 0.3) is 11.8 Å². The summed E-state index contributed by atoms with van der Waals surface area (Å²) in [5, 5.41) is 14.1. The average molecular weight is 802 g/mol. The summed E-state index contributed by atoms with van der Waals surface area (Å²) in [5.74, 6) is -7.59. The first-order valence-corrected chi connectivity index (χ1v) is 18.4. The lowest BCUT2D eigenvalue weighted by Crippen LogP contribution is -2.53. The maximum Gasteiger partial charge on any atom is 0.417 e. The van der Waals surface area contributed by atoms with Crippen molar-refractivity contribution in [2.45, 2.75) is 36.9 Å². The summed E-state index contributed by atoms with van der Waals surface area (Å²) in [5.41, 5.74) is 0.758. The fraction of sp³-hybridized carbons (Fsp3) is 0.270. The molecular formula is C37H26Cl3F3N4O5S. The number of amides is 4. The van der Waals surface area contributed by atoms with Crippen LogP contribution in [0.5, 0.6) is 5.75 Å². The highest BCUT2D eigenvalue weighted by molar-refractivity contribution is 7.09. The Hall–Kier alpha value is -4.43. The first-order valence-electron chi connectivity index (χ1n) is 16.4. The summed E-state index contributed by atoms with van der Waals surface area (Å²) >= 11 is 20.5. The zero-order chi connectivity index (χ0) is 37.6. The van der Waals surface area contributed by atoms with Crippen molar-refractivity contribution in [1.82, 2.24) is 14.9 Å². The number of aromatic hydroxyl groups is 1. The second-order valence-electron chi connectivity index (χ2n) is 13.5. The maximum absolute atomic E-state index is 15.2. The molecule has 1 saturated carbocycles. The number of halogens is 6.